The van der Waals surface area contributed by atoms with Gasteiger partial charge in [0.25, 0.3) is 8.32 Å². The largest absolute Gasteiger partial charge is 0.407 e. The summed E-state index contributed by atoms with van der Waals surface area (Å²) in [7, 11) is -0.858. The molecular weight excluding hydrogens is 352 g/mol. The quantitative estimate of drug-likeness (QED) is 0.487. The van der Waals surface area contributed by atoms with Crippen molar-refractivity contribution in [2.24, 2.45) is 5.92 Å². The van der Waals surface area contributed by atoms with E-state index >= 15 is 0 Å². The minimum absolute atomic E-state index is 0.0471. The van der Waals surface area contributed by atoms with Gasteiger partial charge in [0.05, 0.1) is 6.10 Å². The van der Waals surface area contributed by atoms with Crippen LogP contribution in [0.25, 0.3) is 0 Å². The highest BCUT2D eigenvalue weighted by atomic mass is 28.4. The number of methoxy groups -OCH3 is 1. The van der Waals surface area contributed by atoms with Crippen LogP contribution < -0.4 is 10.4 Å². The van der Waals surface area contributed by atoms with E-state index in [2.05, 4.69) is 69.3 Å². The fraction of sp³-hybridized carbons (Fsp3) is 0.435. The molecule has 2 aromatic rings. The first-order valence-corrected chi connectivity index (χ1v) is 11.5. The Labute approximate surface area is 164 Å². The summed E-state index contributed by atoms with van der Waals surface area (Å²) in [5.74, 6) is -0.141. The van der Waals surface area contributed by atoms with Crippen LogP contribution in [0.2, 0.25) is 5.04 Å². The van der Waals surface area contributed by atoms with E-state index in [-0.39, 0.29) is 17.1 Å². The Morgan fingerprint density at radius 1 is 0.963 bits per heavy atom. The molecule has 2 rings (SSSR count). The number of hydrogen-bond acceptors (Lipinski definition) is 3. The molecule has 0 aromatic heterocycles. The molecule has 0 unspecified atom stereocenters. The predicted molar refractivity (Wildman–Crippen MR) is 114 cm³/mol. The zero-order chi connectivity index (χ0) is 19.9. The number of hydrogen-bond donors (Lipinski definition) is 0. The smallest absolute Gasteiger partial charge is 0.261 e. The fourth-order valence-corrected chi connectivity index (χ4v) is 8.35. The van der Waals surface area contributed by atoms with Crippen LogP contribution in [0.1, 0.15) is 34.1 Å². The predicted octanol–water partition coefficient (Wildman–Crippen LogP) is 3.80. The van der Waals surface area contributed by atoms with Gasteiger partial charge < -0.3 is 14.0 Å². The zero-order valence-corrected chi connectivity index (χ0v) is 18.1. The second kappa shape index (κ2) is 9.45. The van der Waals surface area contributed by atoms with Crippen molar-refractivity contribution < 1.29 is 14.0 Å². The summed E-state index contributed by atoms with van der Waals surface area (Å²) in [6, 6.07) is 21.2. The van der Waals surface area contributed by atoms with Crippen molar-refractivity contribution in [3.63, 3.8) is 0 Å². The SMILES string of the molecule is CO[C@H](CCO[Si](c1ccccc1)(c1ccccc1)C(C)(C)C)[C@@H](C)C=O. The maximum Gasteiger partial charge on any atom is 0.261 e. The van der Waals surface area contributed by atoms with E-state index in [4.69, 9.17) is 9.16 Å². The summed E-state index contributed by atoms with van der Waals surface area (Å²) < 4.78 is 12.4. The maximum atomic E-state index is 11.2. The van der Waals surface area contributed by atoms with Gasteiger partial charge in [-0.15, -0.1) is 0 Å². The molecule has 0 aliphatic rings. The van der Waals surface area contributed by atoms with E-state index in [0.717, 1.165) is 6.29 Å². The number of aldehydes is 1. The van der Waals surface area contributed by atoms with Crippen LogP contribution >= 0.6 is 0 Å². The van der Waals surface area contributed by atoms with Gasteiger partial charge in [-0.2, -0.15) is 0 Å². The number of rotatable bonds is 9. The molecule has 146 valence electrons. The Morgan fingerprint density at radius 3 is 1.81 bits per heavy atom. The highest BCUT2D eigenvalue weighted by molar-refractivity contribution is 6.99. The average molecular weight is 385 g/mol. The average Bonchev–Trinajstić information content (AvgIpc) is 2.68. The first kappa shape index (κ1) is 21.5. The number of carbonyl (C=O) groups excluding carboxylic acids is 1. The van der Waals surface area contributed by atoms with Crippen molar-refractivity contribution in [1.29, 1.82) is 0 Å². The molecule has 0 amide bonds. The molecule has 0 radical (unpaired) electrons. The Hall–Kier alpha value is -1.75. The van der Waals surface area contributed by atoms with Crippen LogP contribution in [0.15, 0.2) is 60.7 Å². The lowest BCUT2D eigenvalue weighted by Crippen LogP contribution is -2.66. The van der Waals surface area contributed by atoms with Gasteiger partial charge in [-0.05, 0) is 21.8 Å². The van der Waals surface area contributed by atoms with Crippen molar-refractivity contribution in [3.8, 4) is 0 Å². The Kier molecular flexibility index (Phi) is 7.54. The molecule has 0 aliphatic carbocycles. The monoisotopic (exact) mass is 384 g/mol. The van der Waals surface area contributed by atoms with Gasteiger partial charge in [0, 0.05) is 19.6 Å². The Bertz CT molecular complexity index is 655. The molecule has 2 atom stereocenters. The number of benzene rings is 2. The molecule has 0 bridgehead atoms. The topological polar surface area (TPSA) is 35.5 Å². The van der Waals surface area contributed by atoms with Crippen LogP contribution in [0, 0.1) is 5.92 Å². The summed E-state index contributed by atoms with van der Waals surface area (Å²) in [4.78, 5) is 11.2. The molecule has 2 aromatic carbocycles. The van der Waals surface area contributed by atoms with Crippen LogP contribution in [0.4, 0.5) is 0 Å². The summed E-state index contributed by atoms with van der Waals surface area (Å²) >= 11 is 0. The van der Waals surface area contributed by atoms with Gasteiger partial charge in [-0.25, -0.2) is 0 Å². The third-order valence-corrected chi connectivity index (χ3v) is 10.3. The minimum Gasteiger partial charge on any atom is -0.407 e. The highest BCUT2D eigenvalue weighted by Gasteiger charge is 2.50. The minimum atomic E-state index is -2.52. The summed E-state index contributed by atoms with van der Waals surface area (Å²) in [6.45, 7) is 9.25. The number of carbonyl (C=O) groups is 1. The molecule has 0 saturated carbocycles. The molecule has 0 saturated heterocycles. The standard InChI is InChI=1S/C23H32O3Si/c1-19(18-24)22(25-5)16-17-26-27(23(2,3)4,20-12-8-6-9-13-20)21-14-10-7-11-15-21/h6-15,18-19,22H,16-17H2,1-5H3/t19-,22+/m0/s1. The molecule has 0 fully saturated rings. The van der Waals surface area contributed by atoms with Gasteiger partial charge in [-0.3, -0.25) is 0 Å². The van der Waals surface area contributed by atoms with Crippen LogP contribution in [0.3, 0.4) is 0 Å². The van der Waals surface area contributed by atoms with E-state index in [1.54, 1.807) is 7.11 Å². The lowest BCUT2D eigenvalue weighted by atomic mass is 10.0. The Balaban J connectivity index is 2.42. The molecule has 0 spiro atoms. The molecule has 0 heterocycles. The molecule has 3 nitrogen and oxygen atoms in total. The fourth-order valence-electron chi connectivity index (χ4n) is 3.77. The second-order valence-electron chi connectivity index (χ2n) is 8.07. The summed E-state index contributed by atoms with van der Waals surface area (Å²) in [5.41, 5.74) is 0. The van der Waals surface area contributed by atoms with Crippen LogP contribution in [-0.2, 0) is 14.0 Å². The summed E-state index contributed by atoms with van der Waals surface area (Å²) in [6.07, 6.45) is 1.53. The van der Waals surface area contributed by atoms with Crippen molar-refractivity contribution in [2.45, 2.75) is 45.3 Å². The maximum absolute atomic E-state index is 11.2. The molecular formula is C23H32O3Si. The van der Waals surface area contributed by atoms with Crippen molar-refractivity contribution >= 4 is 25.0 Å². The third-order valence-electron chi connectivity index (χ3n) is 5.24. The summed E-state index contributed by atoms with van der Waals surface area (Å²) in [5, 5.41) is 2.48. The number of ether oxygens (including phenoxy) is 1. The van der Waals surface area contributed by atoms with Crippen molar-refractivity contribution in [2.75, 3.05) is 13.7 Å². The van der Waals surface area contributed by atoms with Gasteiger partial charge >= 0.3 is 0 Å². The van der Waals surface area contributed by atoms with Gasteiger partial charge in [0.2, 0.25) is 0 Å². The van der Waals surface area contributed by atoms with Crippen molar-refractivity contribution in [1.82, 2.24) is 0 Å². The molecule has 0 N–H and O–H groups in total. The third kappa shape index (κ3) is 4.75. The van der Waals surface area contributed by atoms with Crippen LogP contribution in [0.5, 0.6) is 0 Å². The molecule has 0 aliphatic heterocycles. The van der Waals surface area contributed by atoms with Gasteiger partial charge in [0.1, 0.15) is 6.29 Å². The van der Waals surface area contributed by atoms with E-state index in [1.807, 2.05) is 19.1 Å². The first-order valence-electron chi connectivity index (χ1n) is 9.60. The lowest BCUT2D eigenvalue weighted by Gasteiger charge is -2.43. The normalized spacial score (nSPS) is 14.6. The van der Waals surface area contributed by atoms with Gasteiger partial charge in [0.15, 0.2) is 0 Å². The molecule has 27 heavy (non-hydrogen) atoms. The van der Waals surface area contributed by atoms with E-state index in [9.17, 15) is 4.79 Å². The molecule has 4 heteroatoms. The second-order valence-corrected chi connectivity index (χ2v) is 12.4. The lowest BCUT2D eigenvalue weighted by molar-refractivity contribution is -0.114. The zero-order valence-electron chi connectivity index (χ0n) is 17.1. The van der Waals surface area contributed by atoms with E-state index < -0.39 is 8.32 Å². The van der Waals surface area contributed by atoms with Gasteiger partial charge in [-0.1, -0.05) is 88.4 Å². The Morgan fingerprint density at radius 2 is 1.44 bits per heavy atom. The highest BCUT2D eigenvalue weighted by Crippen LogP contribution is 2.36. The van der Waals surface area contributed by atoms with Crippen molar-refractivity contribution in [3.05, 3.63) is 60.7 Å². The van der Waals surface area contributed by atoms with E-state index in [1.165, 1.54) is 10.4 Å². The van der Waals surface area contributed by atoms with Crippen LogP contribution in [-0.4, -0.2) is 34.4 Å². The van der Waals surface area contributed by atoms with E-state index in [0.29, 0.717) is 13.0 Å². The first-order chi connectivity index (χ1) is 12.9.